The van der Waals surface area contributed by atoms with Crippen LogP contribution in [0.2, 0.25) is 5.02 Å². The van der Waals surface area contributed by atoms with Crippen molar-refractivity contribution in [2.24, 2.45) is 0 Å². The van der Waals surface area contributed by atoms with Gasteiger partial charge < -0.3 is 10.6 Å². The molecule has 1 heterocycles. The highest BCUT2D eigenvalue weighted by Crippen LogP contribution is 2.26. The smallest absolute Gasteiger partial charge is 0.226 e. The van der Waals surface area contributed by atoms with Crippen LogP contribution in [0, 0.1) is 6.92 Å². The summed E-state index contributed by atoms with van der Waals surface area (Å²) in [4.78, 5) is 12.4. The molecule has 2 N–H and O–H groups in total. The van der Waals surface area contributed by atoms with E-state index in [1.54, 1.807) is 6.07 Å². The molecule has 1 amide bonds. The van der Waals surface area contributed by atoms with Crippen LogP contribution in [0.3, 0.4) is 0 Å². The number of hydrogen-bond acceptors (Lipinski definition) is 2. The molecule has 3 rings (SSSR count). The molecule has 0 spiro atoms. The van der Waals surface area contributed by atoms with E-state index in [0.717, 1.165) is 24.2 Å². The number of carbonyl (C=O) groups is 1. The molecule has 0 aromatic heterocycles. The lowest BCUT2D eigenvalue weighted by Crippen LogP contribution is -2.32. The van der Waals surface area contributed by atoms with Crippen molar-refractivity contribution in [1.29, 1.82) is 0 Å². The maximum absolute atomic E-state index is 12.4. The van der Waals surface area contributed by atoms with E-state index in [4.69, 9.17) is 11.6 Å². The molecule has 1 aliphatic rings. The van der Waals surface area contributed by atoms with Crippen molar-refractivity contribution in [2.45, 2.75) is 25.8 Å². The Morgan fingerprint density at radius 2 is 2.14 bits per heavy atom. The molecule has 0 saturated carbocycles. The van der Waals surface area contributed by atoms with Gasteiger partial charge in [-0.1, -0.05) is 41.9 Å². The van der Waals surface area contributed by atoms with Crippen molar-refractivity contribution < 1.29 is 4.79 Å². The number of nitrogens with one attached hydrogen (secondary N) is 2. The average molecular weight is 315 g/mol. The second-order valence-electron chi connectivity index (χ2n) is 5.67. The van der Waals surface area contributed by atoms with Crippen LogP contribution in [-0.4, -0.2) is 12.5 Å². The number of halogens is 1. The first-order valence-corrected chi connectivity index (χ1v) is 7.88. The second kappa shape index (κ2) is 6.51. The first kappa shape index (κ1) is 15.1. The molecule has 1 aliphatic heterocycles. The number of anilines is 1. The molecule has 4 heteroatoms. The number of rotatable bonds is 3. The van der Waals surface area contributed by atoms with Crippen molar-refractivity contribution in [3.63, 3.8) is 0 Å². The minimum atomic E-state index is -0.000398. The van der Waals surface area contributed by atoms with E-state index in [-0.39, 0.29) is 11.9 Å². The van der Waals surface area contributed by atoms with E-state index in [0.29, 0.717) is 11.4 Å². The molecule has 2 aromatic carbocycles. The molecule has 0 bridgehead atoms. The van der Waals surface area contributed by atoms with Crippen LogP contribution in [0.4, 0.5) is 5.69 Å². The van der Waals surface area contributed by atoms with E-state index in [1.807, 2.05) is 25.1 Å². The first-order valence-electron chi connectivity index (χ1n) is 7.50. The summed E-state index contributed by atoms with van der Waals surface area (Å²) in [5, 5.41) is 7.02. The Labute approximate surface area is 135 Å². The van der Waals surface area contributed by atoms with Gasteiger partial charge in [-0.3, -0.25) is 4.79 Å². The Hall–Kier alpha value is -1.84. The predicted octanol–water partition coefficient (Wildman–Crippen LogP) is 3.86. The zero-order valence-corrected chi connectivity index (χ0v) is 13.3. The molecular formula is C18H19ClN2O. The summed E-state index contributed by atoms with van der Waals surface area (Å²) < 4.78 is 0. The highest BCUT2D eigenvalue weighted by atomic mass is 35.5. The minimum Gasteiger partial charge on any atom is -0.326 e. The molecule has 114 valence electrons. The lowest BCUT2D eigenvalue weighted by Gasteiger charge is -2.26. The summed E-state index contributed by atoms with van der Waals surface area (Å²) in [6.45, 7) is 2.87. The number of carbonyl (C=O) groups excluding carboxylic acids is 1. The normalized spacial score (nSPS) is 16.9. The number of hydrogen-bond donors (Lipinski definition) is 2. The van der Waals surface area contributed by atoms with Gasteiger partial charge in [-0.25, -0.2) is 0 Å². The molecule has 1 atom stereocenters. The van der Waals surface area contributed by atoms with Crippen molar-refractivity contribution >= 4 is 23.2 Å². The van der Waals surface area contributed by atoms with Gasteiger partial charge in [-0.2, -0.15) is 0 Å². The van der Waals surface area contributed by atoms with Gasteiger partial charge in [0.2, 0.25) is 5.91 Å². The van der Waals surface area contributed by atoms with Crippen LogP contribution in [0.15, 0.2) is 42.5 Å². The Balaban J connectivity index is 1.72. The first-order chi connectivity index (χ1) is 10.6. The standard InChI is InChI=1S/C18H19ClN2O/c1-12-6-7-14(19)10-16(12)21-18(22)11-17-15-5-3-2-4-13(15)8-9-20-17/h2-7,10,17,20H,8-9,11H2,1H3,(H,21,22). The van der Waals surface area contributed by atoms with Crippen LogP contribution in [-0.2, 0) is 11.2 Å². The molecule has 2 aromatic rings. The monoisotopic (exact) mass is 314 g/mol. The van der Waals surface area contributed by atoms with Crippen molar-refractivity contribution in [2.75, 3.05) is 11.9 Å². The predicted molar refractivity (Wildman–Crippen MR) is 90.3 cm³/mol. The molecule has 0 radical (unpaired) electrons. The lowest BCUT2D eigenvalue weighted by molar-refractivity contribution is -0.116. The summed E-state index contributed by atoms with van der Waals surface area (Å²) >= 11 is 6.00. The van der Waals surface area contributed by atoms with Gasteiger partial charge in [0.25, 0.3) is 0 Å². The van der Waals surface area contributed by atoms with Crippen LogP contribution in [0.1, 0.15) is 29.2 Å². The Morgan fingerprint density at radius 3 is 3.00 bits per heavy atom. The molecule has 1 unspecified atom stereocenters. The highest BCUT2D eigenvalue weighted by Gasteiger charge is 2.21. The fourth-order valence-electron chi connectivity index (χ4n) is 2.89. The second-order valence-corrected chi connectivity index (χ2v) is 6.10. The third kappa shape index (κ3) is 3.32. The number of aryl methyl sites for hydroxylation is 1. The summed E-state index contributed by atoms with van der Waals surface area (Å²) in [5.41, 5.74) is 4.35. The van der Waals surface area contributed by atoms with E-state index >= 15 is 0 Å². The van der Waals surface area contributed by atoms with Gasteiger partial charge >= 0.3 is 0 Å². The van der Waals surface area contributed by atoms with E-state index in [9.17, 15) is 4.79 Å². The molecule has 0 saturated heterocycles. The summed E-state index contributed by atoms with van der Waals surface area (Å²) in [6.07, 6.45) is 1.44. The molecule has 3 nitrogen and oxygen atoms in total. The van der Waals surface area contributed by atoms with Gasteiger partial charge in [0.15, 0.2) is 0 Å². The van der Waals surface area contributed by atoms with Crippen molar-refractivity contribution in [1.82, 2.24) is 5.32 Å². The van der Waals surface area contributed by atoms with Crippen LogP contribution >= 0.6 is 11.6 Å². The van der Waals surface area contributed by atoms with Gasteiger partial charge in [-0.15, -0.1) is 0 Å². The van der Waals surface area contributed by atoms with Gasteiger partial charge in [-0.05, 0) is 48.7 Å². The fourth-order valence-corrected chi connectivity index (χ4v) is 3.06. The maximum Gasteiger partial charge on any atom is 0.226 e. The zero-order chi connectivity index (χ0) is 15.5. The quantitative estimate of drug-likeness (QED) is 0.903. The molecule has 22 heavy (non-hydrogen) atoms. The minimum absolute atomic E-state index is 0.000398. The summed E-state index contributed by atoms with van der Waals surface area (Å²) in [7, 11) is 0. The Kier molecular flexibility index (Phi) is 4.46. The third-order valence-corrected chi connectivity index (χ3v) is 4.31. The lowest BCUT2D eigenvalue weighted by atomic mass is 9.92. The van der Waals surface area contributed by atoms with Gasteiger partial charge in [0.05, 0.1) is 0 Å². The highest BCUT2D eigenvalue weighted by molar-refractivity contribution is 6.31. The number of fused-ring (bicyclic) bond motifs is 1. The van der Waals surface area contributed by atoms with E-state index in [2.05, 4.69) is 28.8 Å². The van der Waals surface area contributed by atoms with Crippen LogP contribution in [0.5, 0.6) is 0 Å². The third-order valence-electron chi connectivity index (χ3n) is 4.08. The van der Waals surface area contributed by atoms with Crippen LogP contribution < -0.4 is 10.6 Å². The number of amides is 1. The van der Waals surface area contributed by atoms with Gasteiger partial charge in [0.1, 0.15) is 0 Å². The van der Waals surface area contributed by atoms with E-state index < -0.39 is 0 Å². The summed E-state index contributed by atoms with van der Waals surface area (Å²) in [5.74, 6) is -0.000398. The SMILES string of the molecule is Cc1ccc(Cl)cc1NC(=O)CC1NCCc2ccccc21. The Morgan fingerprint density at radius 1 is 1.32 bits per heavy atom. The topological polar surface area (TPSA) is 41.1 Å². The molecular weight excluding hydrogens is 296 g/mol. The van der Waals surface area contributed by atoms with Crippen molar-refractivity contribution in [3.05, 3.63) is 64.2 Å². The van der Waals surface area contributed by atoms with Crippen LogP contribution in [0.25, 0.3) is 0 Å². The Bertz CT molecular complexity index is 699. The summed E-state index contributed by atoms with van der Waals surface area (Å²) in [6, 6.07) is 13.9. The molecule has 0 fully saturated rings. The maximum atomic E-state index is 12.4. The molecule has 0 aliphatic carbocycles. The largest absolute Gasteiger partial charge is 0.326 e. The van der Waals surface area contributed by atoms with E-state index in [1.165, 1.54) is 11.1 Å². The average Bonchev–Trinajstić information content (AvgIpc) is 2.51. The zero-order valence-electron chi connectivity index (χ0n) is 12.5. The fraction of sp³-hybridized carbons (Fsp3) is 0.278. The number of benzene rings is 2. The van der Waals surface area contributed by atoms with Crippen molar-refractivity contribution in [3.8, 4) is 0 Å². The van der Waals surface area contributed by atoms with Gasteiger partial charge in [0, 0.05) is 23.2 Å².